The molecule has 0 fully saturated rings. The van der Waals surface area contributed by atoms with Gasteiger partial charge in [0.15, 0.2) is 5.69 Å². The number of aromatic carboxylic acids is 1. The van der Waals surface area contributed by atoms with Crippen LogP contribution in [0.25, 0.3) is 16.9 Å². The third-order valence-electron chi connectivity index (χ3n) is 5.86. The molecule has 0 spiro atoms. The maximum atomic E-state index is 13.1. The molecule has 0 radical (unpaired) electrons. The van der Waals surface area contributed by atoms with E-state index in [0.29, 0.717) is 46.4 Å². The molecule has 5 aromatic rings. The number of ether oxygens (including phenoxy) is 2. The van der Waals surface area contributed by atoms with Crippen molar-refractivity contribution in [3.63, 3.8) is 0 Å². The number of hydrogen-bond donors (Lipinski definition) is 2. The minimum absolute atomic E-state index is 0.0881. The van der Waals surface area contributed by atoms with Gasteiger partial charge in [-0.3, -0.25) is 4.79 Å². The number of carbonyl (C=O) groups excluding carboxylic acids is 1. The van der Waals surface area contributed by atoms with E-state index in [2.05, 4.69) is 10.4 Å². The molecule has 0 saturated carbocycles. The molecule has 1 amide bonds. The van der Waals surface area contributed by atoms with Crippen LogP contribution in [0.5, 0.6) is 17.2 Å². The summed E-state index contributed by atoms with van der Waals surface area (Å²) in [6.07, 6.45) is 0. The molecule has 0 aliphatic carbocycles. The van der Waals surface area contributed by atoms with Gasteiger partial charge in [0.05, 0.1) is 18.0 Å². The zero-order chi connectivity index (χ0) is 27.2. The van der Waals surface area contributed by atoms with E-state index in [4.69, 9.17) is 9.47 Å². The van der Waals surface area contributed by atoms with Gasteiger partial charge in [-0.25, -0.2) is 9.48 Å². The van der Waals surface area contributed by atoms with Crippen molar-refractivity contribution >= 4 is 17.6 Å². The first-order chi connectivity index (χ1) is 19.0. The fourth-order valence-electron chi connectivity index (χ4n) is 4.07. The van der Waals surface area contributed by atoms with E-state index in [9.17, 15) is 14.7 Å². The zero-order valence-corrected chi connectivity index (χ0v) is 21.1. The van der Waals surface area contributed by atoms with E-state index >= 15 is 0 Å². The largest absolute Gasteiger partial charge is 0.494 e. The van der Waals surface area contributed by atoms with E-state index in [1.54, 1.807) is 78.9 Å². The minimum Gasteiger partial charge on any atom is -0.494 e. The molecule has 0 aliphatic heterocycles. The summed E-state index contributed by atoms with van der Waals surface area (Å²) in [4.78, 5) is 25.4. The van der Waals surface area contributed by atoms with E-state index in [0.717, 1.165) is 0 Å². The summed E-state index contributed by atoms with van der Waals surface area (Å²) in [5, 5.41) is 17.2. The number of hydrogen-bond acceptors (Lipinski definition) is 5. The number of amides is 1. The Labute approximate surface area is 225 Å². The maximum absolute atomic E-state index is 13.1. The predicted octanol–water partition coefficient (Wildman–Crippen LogP) is 6.68. The van der Waals surface area contributed by atoms with Crippen molar-refractivity contribution in [2.75, 3.05) is 11.9 Å². The van der Waals surface area contributed by atoms with Gasteiger partial charge in [-0.2, -0.15) is 5.10 Å². The van der Waals surface area contributed by atoms with Gasteiger partial charge in [-0.1, -0.05) is 36.4 Å². The highest BCUT2D eigenvalue weighted by molar-refractivity contribution is 6.10. The van der Waals surface area contributed by atoms with E-state index in [1.165, 1.54) is 4.68 Å². The van der Waals surface area contributed by atoms with Gasteiger partial charge in [0, 0.05) is 11.1 Å². The quantitative estimate of drug-likeness (QED) is 0.225. The second-order valence-corrected chi connectivity index (χ2v) is 8.48. The van der Waals surface area contributed by atoms with Crippen molar-refractivity contribution in [2.45, 2.75) is 6.92 Å². The predicted molar refractivity (Wildman–Crippen MR) is 148 cm³/mol. The number of para-hydroxylation sites is 1. The van der Waals surface area contributed by atoms with Crippen molar-refractivity contribution in [1.82, 2.24) is 9.78 Å². The molecule has 8 heteroatoms. The first-order valence-electron chi connectivity index (χ1n) is 12.3. The second kappa shape index (κ2) is 11.4. The highest BCUT2D eigenvalue weighted by atomic mass is 16.5. The summed E-state index contributed by atoms with van der Waals surface area (Å²) < 4.78 is 13.0. The summed E-state index contributed by atoms with van der Waals surface area (Å²) in [6.45, 7) is 2.40. The Morgan fingerprint density at radius 3 is 2.00 bits per heavy atom. The van der Waals surface area contributed by atoms with Crippen molar-refractivity contribution in [1.29, 1.82) is 0 Å². The smallest absolute Gasteiger partial charge is 0.358 e. The van der Waals surface area contributed by atoms with Crippen molar-refractivity contribution in [2.24, 2.45) is 0 Å². The number of rotatable bonds is 9. The Hall–Kier alpha value is -5.37. The number of aromatic nitrogens is 2. The Kier molecular flexibility index (Phi) is 7.36. The van der Waals surface area contributed by atoms with Crippen LogP contribution in [0.4, 0.5) is 5.69 Å². The Morgan fingerprint density at radius 2 is 1.38 bits per heavy atom. The van der Waals surface area contributed by atoms with Crippen LogP contribution in [-0.2, 0) is 0 Å². The fourth-order valence-corrected chi connectivity index (χ4v) is 4.07. The molecule has 0 unspecified atom stereocenters. The number of benzene rings is 4. The van der Waals surface area contributed by atoms with Gasteiger partial charge in [-0.15, -0.1) is 0 Å². The number of carboxylic acids is 1. The Balaban J connectivity index is 1.59. The summed E-state index contributed by atoms with van der Waals surface area (Å²) in [6, 6.07) is 32.2. The molecular weight excluding hydrogens is 494 g/mol. The molecule has 39 heavy (non-hydrogen) atoms. The standard InChI is InChI=1S/C31H25N3O5/c1-2-38-24-17-13-21(14-18-24)29-27(32-30(35)22-9-5-3-6-10-22)28(31(36)37)33-34(29)23-15-19-26(20-16-23)39-25-11-7-4-8-12-25/h3-20H,2H2,1H3,(H,32,35)(H,36,37). The van der Waals surface area contributed by atoms with Crippen molar-refractivity contribution < 1.29 is 24.2 Å². The van der Waals surface area contributed by atoms with Crippen LogP contribution in [0.15, 0.2) is 109 Å². The first kappa shape index (κ1) is 25.3. The third-order valence-corrected chi connectivity index (χ3v) is 5.86. The highest BCUT2D eigenvalue weighted by Crippen LogP contribution is 2.35. The van der Waals surface area contributed by atoms with Crippen molar-refractivity contribution in [3.05, 3.63) is 120 Å². The van der Waals surface area contributed by atoms with Crippen LogP contribution >= 0.6 is 0 Å². The molecule has 0 atom stereocenters. The van der Waals surface area contributed by atoms with E-state index in [-0.39, 0.29) is 11.4 Å². The lowest BCUT2D eigenvalue weighted by molar-refractivity contribution is 0.0691. The minimum atomic E-state index is -1.27. The summed E-state index contributed by atoms with van der Waals surface area (Å²) in [7, 11) is 0. The molecule has 4 aromatic carbocycles. The maximum Gasteiger partial charge on any atom is 0.358 e. The average molecular weight is 520 g/mol. The highest BCUT2D eigenvalue weighted by Gasteiger charge is 2.26. The molecular formula is C31H25N3O5. The Bertz CT molecular complexity index is 1580. The lowest BCUT2D eigenvalue weighted by Crippen LogP contribution is -2.14. The van der Waals surface area contributed by atoms with Crippen LogP contribution < -0.4 is 14.8 Å². The zero-order valence-electron chi connectivity index (χ0n) is 21.1. The van der Waals surface area contributed by atoms with Gasteiger partial charge in [-0.05, 0) is 79.7 Å². The van der Waals surface area contributed by atoms with Gasteiger partial charge >= 0.3 is 5.97 Å². The molecule has 5 rings (SSSR count). The fraction of sp³-hybridized carbons (Fsp3) is 0.0645. The van der Waals surface area contributed by atoms with E-state index < -0.39 is 11.9 Å². The van der Waals surface area contributed by atoms with Crippen LogP contribution in [-0.4, -0.2) is 33.4 Å². The average Bonchev–Trinajstić information content (AvgIpc) is 3.34. The molecule has 0 saturated heterocycles. The van der Waals surface area contributed by atoms with Gasteiger partial charge in [0.25, 0.3) is 5.91 Å². The SMILES string of the molecule is CCOc1ccc(-c2c(NC(=O)c3ccccc3)c(C(=O)O)nn2-c2ccc(Oc3ccccc3)cc2)cc1. The number of carboxylic acid groups (broad SMARTS) is 1. The van der Waals surface area contributed by atoms with Crippen LogP contribution in [0.2, 0.25) is 0 Å². The molecule has 2 N–H and O–H groups in total. The summed E-state index contributed by atoms with van der Waals surface area (Å²) in [5.41, 5.74) is 1.84. The number of anilines is 1. The third kappa shape index (κ3) is 5.65. The summed E-state index contributed by atoms with van der Waals surface area (Å²) >= 11 is 0. The second-order valence-electron chi connectivity index (χ2n) is 8.48. The van der Waals surface area contributed by atoms with Gasteiger partial charge < -0.3 is 19.9 Å². The van der Waals surface area contributed by atoms with Gasteiger partial charge in [0.2, 0.25) is 0 Å². The lowest BCUT2D eigenvalue weighted by Gasteiger charge is -2.13. The molecule has 0 bridgehead atoms. The van der Waals surface area contributed by atoms with E-state index in [1.807, 2.05) is 37.3 Å². The van der Waals surface area contributed by atoms with Gasteiger partial charge in [0.1, 0.15) is 22.9 Å². The van der Waals surface area contributed by atoms with Crippen LogP contribution in [0, 0.1) is 0 Å². The first-order valence-corrected chi connectivity index (χ1v) is 12.3. The number of nitrogens with one attached hydrogen (secondary N) is 1. The molecule has 1 heterocycles. The van der Waals surface area contributed by atoms with Crippen molar-refractivity contribution in [3.8, 4) is 34.2 Å². The Morgan fingerprint density at radius 1 is 0.795 bits per heavy atom. The molecule has 0 aliphatic rings. The molecule has 8 nitrogen and oxygen atoms in total. The topological polar surface area (TPSA) is 103 Å². The molecule has 1 aromatic heterocycles. The van der Waals surface area contributed by atoms with Crippen LogP contribution in [0.1, 0.15) is 27.8 Å². The number of nitrogens with zero attached hydrogens (tertiary/aromatic N) is 2. The normalized spacial score (nSPS) is 10.6. The number of carbonyl (C=O) groups is 2. The lowest BCUT2D eigenvalue weighted by atomic mass is 10.1. The monoisotopic (exact) mass is 519 g/mol. The molecule has 194 valence electrons. The summed E-state index contributed by atoms with van der Waals surface area (Å²) in [5.74, 6) is 0.252. The van der Waals surface area contributed by atoms with Crippen LogP contribution in [0.3, 0.4) is 0 Å².